The third-order valence-electron chi connectivity index (χ3n) is 4.57. The molecule has 0 aliphatic carbocycles. The van der Waals surface area contributed by atoms with Gasteiger partial charge < -0.3 is 14.5 Å². The van der Waals surface area contributed by atoms with Crippen LogP contribution in [0.15, 0.2) is 27.8 Å². The summed E-state index contributed by atoms with van der Waals surface area (Å²) in [4.78, 5) is 33.2. The summed E-state index contributed by atoms with van der Waals surface area (Å²) in [6.45, 7) is 5.84. The molecule has 1 aromatic carbocycles. The van der Waals surface area contributed by atoms with Gasteiger partial charge in [0.25, 0.3) is 5.56 Å². The Bertz CT molecular complexity index is 1110. The number of fused-ring (bicyclic) bond motifs is 2. The molecule has 1 N–H and O–H groups in total. The van der Waals surface area contributed by atoms with Gasteiger partial charge in [0.05, 0.1) is 0 Å². The molecule has 0 saturated heterocycles. The van der Waals surface area contributed by atoms with Gasteiger partial charge in [0.2, 0.25) is 0 Å². The number of aromatic amines is 1. The Kier molecular flexibility index (Phi) is 4.47. The molecule has 1 aliphatic heterocycles. The molecule has 27 heavy (non-hydrogen) atoms. The van der Waals surface area contributed by atoms with E-state index in [2.05, 4.69) is 9.97 Å². The van der Waals surface area contributed by atoms with Gasteiger partial charge >= 0.3 is 5.69 Å². The molecule has 3 aromatic rings. The van der Waals surface area contributed by atoms with Gasteiger partial charge in [-0.05, 0) is 31.0 Å². The summed E-state index contributed by atoms with van der Waals surface area (Å²) < 4.78 is 14.0. The molecule has 0 radical (unpaired) electrons. The second-order valence-corrected chi connectivity index (χ2v) is 6.53. The van der Waals surface area contributed by atoms with Gasteiger partial charge in [0, 0.05) is 18.7 Å². The van der Waals surface area contributed by atoms with Gasteiger partial charge in [-0.3, -0.25) is 13.9 Å². The highest BCUT2D eigenvalue weighted by Gasteiger charge is 2.19. The molecule has 1 aliphatic rings. The lowest BCUT2D eigenvalue weighted by Gasteiger charge is -2.18. The molecule has 0 spiro atoms. The molecular weight excluding hydrogens is 348 g/mol. The van der Waals surface area contributed by atoms with E-state index in [0.717, 1.165) is 12.0 Å². The number of ether oxygens (including phenoxy) is 2. The second kappa shape index (κ2) is 6.94. The molecule has 8 nitrogen and oxygen atoms in total. The van der Waals surface area contributed by atoms with Gasteiger partial charge in [0.15, 0.2) is 17.1 Å². The first-order valence-corrected chi connectivity index (χ1v) is 9.27. The minimum absolute atomic E-state index is 0.309. The number of aryl methyl sites for hydroxylation is 1. The lowest BCUT2D eigenvalue weighted by atomic mass is 10.2. The van der Waals surface area contributed by atoms with Gasteiger partial charge in [-0.15, -0.1) is 0 Å². The zero-order valence-electron chi connectivity index (χ0n) is 15.4. The highest BCUT2D eigenvalue weighted by atomic mass is 16.6. The van der Waals surface area contributed by atoms with Crippen molar-refractivity contribution in [2.45, 2.75) is 39.8 Å². The number of nitrogens with zero attached hydrogens (tertiary/aromatic N) is 3. The van der Waals surface area contributed by atoms with E-state index in [1.165, 1.54) is 4.57 Å². The van der Waals surface area contributed by atoms with Gasteiger partial charge in [-0.2, -0.15) is 0 Å². The zero-order chi connectivity index (χ0) is 19.0. The first-order chi connectivity index (χ1) is 13.1. The lowest BCUT2D eigenvalue weighted by Crippen LogP contribution is -2.40. The van der Waals surface area contributed by atoms with Crippen molar-refractivity contribution in [2.24, 2.45) is 0 Å². The summed E-state index contributed by atoms with van der Waals surface area (Å²) in [5.41, 5.74) is 0.870. The number of benzene rings is 1. The van der Waals surface area contributed by atoms with Crippen LogP contribution in [0.4, 0.5) is 0 Å². The van der Waals surface area contributed by atoms with E-state index in [0.29, 0.717) is 61.2 Å². The van der Waals surface area contributed by atoms with E-state index in [1.807, 2.05) is 32.0 Å². The number of nitrogens with one attached hydrogen (secondary N) is 1. The van der Waals surface area contributed by atoms with Crippen LogP contribution in [-0.2, 0) is 13.1 Å². The number of H-pyrrole nitrogens is 1. The van der Waals surface area contributed by atoms with Crippen LogP contribution in [0.2, 0.25) is 0 Å². The van der Waals surface area contributed by atoms with Crippen molar-refractivity contribution >= 4 is 11.2 Å². The average Bonchev–Trinajstić information content (AvgIpc) is 3.13. The van der Waals surface area contributed by atoms with Crippen LogP contribution in [0.25, 0.3) is 22.6 Å². The van der Waals surface area contributed by atoms with Crippen molar-refractivity contribution in [1.29, 1.82) is 0 Å². The number of aromatic nitrogens is 4. The summed E-state index contributed by atoms with van der Waals surface area (Å²) in [6, 6.07) is 5.52. The molecule has 8 heteroatoms. The maximum absolute atomic E-state index is 12.8. The fourth-order valence-electron chi connectivity index (χ4n) is 3.34. The lowest BCUT2D eigenvalue weighted by molar-refractivity contribution is 0.171. The van der Waals surface area contributed by atoms with Crippen LogP contribution in [0.5, 0.6) is 11.5 Å². The molecule has 3 heterocycles. The predicted molar refractivity (Wildman–Crippen MR) is 102 cm³/mol. The van der Waals surface area contributed by atoms with Crippen molar-refractivity contribution in [3.05, 3.63) is 39.0 Å². The first kappa shape index (κ1) is 17.4. The average molecular weight is 370 g/mol. The zero-order valence-corrected chi connectivity index (χ0v) is 15.4. The fraction of sp³-hybridized carbons (Fsp3) is 0.421. The molecule has 4 rings (SSSR count). The van der Waals surface area contributed by atoms with Crippen molar-refractivity contribution in [3.8, 4) is 22.9 Å². The Labute approximate surface area is 155 Å². The van der Waals surface area contributed by atoms with E-state index in [1.54, 1.807) is 4.57 Å². The van der Waals surface area contributed by atoms with E-state index in [9.17, 15) is 9.59 Å². The SMILES string of the molecule is CCCn1c(=O)c2[nH]c(-c3ccc4c(c3)OCCO4)nc2n(CCC)c1=O. The maximum Gasteiger partial charge on any atom is 0.332 e. The smallest absolute Gasteiger partial charge is 0.332 e. The van der Waals surface area contributed by atoms with Crippen molar-refractivity contribution < 1.29 is 9.47 Å². The summed E-state index contributed by atoms with van der Waals surface area (Å²) in [5, 5.41) is 0. The maximum atomic E-state index is 12.8. The third-order valence-corrected chi connectivity index (χ3v) is 4.57. The largest absolute Gasteiger partial charge is 0.486 e. The molecule has 0 bridgehead atoms. The molecule has 2 aromatic heterocycles. The molecule has 142 valence electrons. The monoisotopic (exact) mass is 370 g/mol. The van der Waals surface area contributed by atoms with Crippen molar-refractivity contribution in [2.75, 3.05) is 13.2 Å². The van der Waals surface area contributed by atoms with Crippen LogP contribution in [-0.4, -0.2) is 32.3 Å². The van der Waals surface area contributed by atoms with E-state index >= 15 is 0 Å². The quantitative estimate of drug-likeness (QED) is 0.743. The summed E-state index contributed by atoms with van der Waals surface area (Å²) in [7, 11) is 0. The highest BCUT2D eigenvalue weighted by molar-refractivity contribution is 5.76. The van der Waals surface area contributed by atoms with Crippen LogP contribution in [0.1, 0.15) is 26.7 Å². The summed E-state index contributed by atoms with van der Waals surface area (Å²) in [5.74, 6) is 1.86. The Hall–Kier alpha value is -3.03. The first-order valence-electron chi connectivity index (χ1n) is 9.27. The minimum atomic E-state index is -0.333. The topological polar surface area (TPSA) is 91.1 Å². The molecule has 0 atom stereocenters. The van der Waals surface area contributed by atoms with Gasteiger partial charge in [0.1, 0.15) is 24.6 Å². The summed E-state index contributed by atoms with van der Waals surface area (Å²) >= 11 is 0. The molecule has 0 unspecified atom stereocenters. The molecular formula is C19H22N4O4. The molecule has 0 fully saturated rings. The normalized spacial score (nSPS) is 13.3. The van der Waals surface area contributed by atoms with E-state index in [4.69, 9.17) is 9.47 Å². The van der Waals surface area contributed by atoms with Gasteiger partial charge in [-0.1, -0.05) is 13.8 Å². The van der Waals surface area contributed by atoms with Crippen LogP contribution < -0.4 is 20.7 Å². The van der Waals surface area contributed by atoms with Crippen LogP contribution in [0, 0.1) is 0 Å². The standard InChI is InChI=1S/C19H22N4O4/c1-3-7-22-17-15(18(24)23(8-4-2)19(22)25)20-16(21-17)12-5-6-13-14(11-12)27-10-9-26-13/h5-6,11H,3-4,7-10H2,1-2H3,(H,20,21). The summed E-state index contributed by atoms with van der Waals surface area (Å²) in [6.07, 6.45) is 1.47. The second-order valence-electron chi connectivity index (χ2n) is 6.53. The van der Waals surface area contributed by atoms with Crippen molar-refractivity contribution in [1.82, 2.24) is 19.1 Å². The molecule has 0 amide bonds. The van der Waals surface area contributed by atoms with Gasteiger partial charge in [-0.25, -0.2) is 9.78 Å². The predicted octanol–water partition coefficient (Wildman–Crippen LogP) is 2.14. The Balaban J connectivity index is 1.91. The number of imidazole rings is 1. The minimum Gasteiger partial charge on any atom is -0.486 e. The van der Waals surface area contributed by atoms with E-state index < -0.39 is 0 Å². The fourth-order valence-corrected chi connectivity index (χ4v) is 3.34. The Morgan fingerprint density at radius 2 is 1.74 bits per heavy atom. The number of rotatable bonds is 5. The number of hydrogen-bond acceptors (Lipinski definition) is 5. The van der Waals surface area contributed by atoms with E-state index in [-0.39, 0.29) is 11.2 Å². The van der Waals surface area contributed by atoms with Crippen molar-refractivity contribution in [3.63, 3.8) is 0 Å². The Morgan fingerprint density at radius 3 is 2.48 bits per heavy atom. The van der Waals surface area contributed by atoms with Crippen LogP contribution in [0.3, 0.4) is 0 Å². The molecule has 0 saturated carbocycles. The Morgan fingerprint density at radius 1 is 1.04 bits per heavy atom. The highest BCUT2D eigenvalue weighted by Crippen LogP contribution is 2.33. The third kappa shape index (κ3) is 2.90. The number of hydrogen-bond donors (Lipinski definition) is 1. The van der Waals surface area contributed by atoms with Crippen LogP contribution >= 0.6 is 0 Å².